The minimum absolute atomic E-state index is 0.226. The van der Waals surface area contributed by atoms with E-state index in [0.29, 0.717) is 48.5 Å². The molecule has 16 aliphatic rings. The van der Waals surface area contributed by atoms with E-state index < -0.39 is 0 Å². The zero-order chi connectivity index (χ0) is 95.7. The molecular formula is C109H220N20O3. The van der Waals surface area contributed by atoms with Gasteiger partial charge in [0.2, 0.25) is 5.91 Å². The molecule has 23 heteroatoms. The van der Waals surface area contributed by atoms with E-state index in [-0.39, 0.29) is 5.91 Å². The van der Waals surface area contributed by atoms with E-state index >= 15 is 0 Å². The van der Waals surface area contributed by atoms with Gasteiger partial charge >= 0.3 is 0 Å². The van der Waals surface area contributed by atoms with Crippen LogP contribution in [-0.2, 0) is 14.3 Å². The number of hydrogen-bond acceptors (Lipinski definition) is 22. The van der Waals surface area contributed by atoms with E-state index in [0.717, 1.165) is 156 Å². The number of likely N-dealkylation sites (N-methyl/N-ethyl adjacent to an activating group) is 1. The van der Waals surface area contributed by atoms with Crippen LogP contribution in [0.5, 0.6) is 0 Å². The molecule has 774 valence electrons. The lowest BCUT2D eigenvalue weighted by molar-refractivity contribution is -0.131. The first-order valence-electron chi connectivity index (χ1n) is 56.6. The van der Waals surface area contributed by atoms with Gasteiger partial charge in [-0.15, -0.1) is 0 Å². The third kappa shape index (κ3) is 38.4. The van der Waals surface area contributed by atoms with Crippen LogP contribution in [-0.4, -0.2) is 494 Å². The van der Waals surface area contributed by atoms with Gasteiger partial charge in [0.15, 0.2) is 0 Å². The molecule has 0 aromatic heterocycles. The molecule has 0 spiro atoms. The smallest absolute Gasteiger partial charge is 0.219 e. The first-order valence-corrected chi connectivity index (χ1v) is 56.6. The largest absolute Gasteiger partial charge is 0.379 e. The van der Waals surface area contributed by atoms with Crippen molar-refractivity contribution in [2.45, 2.75) is 447 Å². The van der Waals surface area contributed by atoms with E-state index in [9.17, 15) is 4.79 Å². The summed E-state index contributed by atoms with van der Waals surface area (Å²) in [4.78, 5) is 60.9. The molecule has 6 atom stereocenters. The van der Waals surface area contributed by atoms with Gasteiger partial charge in [-0.3, -0.25) is 44.0 Å². The molecule has 0 saturated carbocycles. The highest BCUT2D eigenvalue weighted by molar-refractivity contribution is 5.73. The Morgan fingerprint density at radius 3 is 0.697 bits per heavy atom. The number of likely N-dealkylation sites (tertiary alicyclic amines) is 10. The SMILES string of the molecule is CC(=O)N1CCN(C2CCN(C(C)C)CC2)CC1.CC(C)N1CCC(N2CCCC2)CC1.CC(C)N1CCC(N2CCCCC2)CC1.CC(C)N1CCC(N2CCN(C(C)C)CC2)CC1.CC(C)N1CCC(N2CCOCC2)CC1.CC(C)N1CCC(N2C[C@@H](C)N(C)[C@@H](C)C2)CC1.CC(C)N1CCC(N2C[C@@H](C)N[C@@H](C)C2)CC1.CC(C)N1CCC(N2C[C@@H](C)O[C@@H](C)C2)CC1. The van der Waals surface area contributed by atoms with Gasteiger partial charge in [-0.25, -0.2) is 0 Å². The molecule has 132 heavy (non-hydrogen) atoms. The van der Waals surface area contributed by atoms with Gasteiger partial charge in [-0.2, -0.15) is 0 Å². The third-order valence-corrected chi connectivity index (χ3v) is 34.8. The quantitative estimate of drug-likeness (QED) is 0.149. The van der Waals surface area contributed by atoms with Crippen LogP contribution in [0.1, 0.15) is 308 Å². The second kappa shape index (κ2) is 59.6. The van der Waals surface area contributed by atoms with E-state index in [1.165, 1.54) is 318 Å². The second-order valence-electron chi connectivity index (χ2n) is 47.0. The average Bonchev–Trinajstić information content (AvgIpc) is 0.877. The molecule has 16 rings (SSSR count). The van der Waals surface area contributed by atoms with Crippen molar-refractivity contribution in [1.29, 1.82) is 0 Å². The average molecular weight is 1860 g/mol. The summed E-state index contributed by atoms with van der Waals surface area (Å²) >= 11 is 0. The fourth-order valence-electron chi connectivity index (χ4n) is 25.4. The number of piperidine rings is 9. The van der Waals surface area contributed by atoms with Crippen molar-refractivity contribution in [3.05, 3.63) is 0 Å². The maximum Gasteiger partial charge on any atom is 0.219 e. The van der Waals surface area contributed by atoms with Gasteiger partial charge in [0.05, 0.1) is 25.4 Å². The summed E-state index contributed by atoms with van der Waals surface area (Å²) in [6.45, 7) is 104. The highest BCUT2D eigenvalue weighted by atomic mass is 16.5. The topological polar surface area (TPSA) is 109 Å². The summed E-state index contributed by atoms with van der Waals surface area (Å²) in [5.74, 6) is 0.226. The van der Waals surface area contributed by atoms with Crippen molar-refractivity contribution >= 4 is 5.91 Å². The molecule has 16 fully saturated rings. The zero-order valence-corrected chi connectivity index (χ0v) is 91.7. The number of hydrogen-bond donors (Lipinski definition) is 1. The first-order chi connectivity index (χ1) is 63.1. The highest BCUT2D eigenvalue weighted by Gasteiger charge is 2.39. The summed E-state index contributed by atoms with van der Waals surface area (Å²) in [5, 5.41) is 3.62. The maximum atomic E-state index is 11.3. The van der Waals surface area contributed by atoms with Crippen LogP contribution < -0.4 is 5.32 Å². The molecule has 1 amide bonds. The monoisotopic (exact) mass is 1860 g/mol. The number of carbonyl (C=O) groups excluding carboxylic acids is 1. The van der Waals surface area contributed by atoms with Crippen molar-refractivity contribution in [3.63, 3.8) is 0 Å². The van der Waals surface area contributed by atoms with E-state index in [2.05, 4.69) is 267 Å². The Labute approximate surface area is 816 Å². The Balaban J connectivity index is 0.000000170. The number of rotatable bonds is 17. The van der Waals surface area contributed by atoms with E-state index in [1.807, 2.05) is 4.90 Å². The second-order valence-corrected chi connectivity index (χ2v) is 47.0. The summed E-state index contributed by atoms with van der Waals surface area (Å²) in [6, 6.07) is 15.9. The molecule has 0 aliphatic carbocycles. The Hall–Kier alpha value is -1.37. The first kappa shape index (κ1) is 114. The minimum atomic E-state index is 0.226. The van der Waals surface area contributed by atoms with Crippen LogP contribution in [0, 0.1) is 0 Å². The van der Waals surface area contributed by atoms with Crippen molar-refractivity contribution < 1.29 is 14.3 Å². The number of amides is 1. The van der Waals surface area contributed by atoms with Gasteiger partial charge in [0.25, 0.3) is 0 Å². The summed E-state index contributed by atoms with van der Waals surface area (Å²) in [7, 11) is 2.27. The number of nitrogens with zero attached hydrogens (tertiary/aromatic N) is 19. The molecular weight excluding hydrogens is 1640 g/mol. The fraction of sp³-hybridized carbons (Fsp3) is 0.991. The predicted octanol–water partition coefficient (Wildman–Crippen LogP) is 13.8. The number of morpholine rings is 2. The molecule has 0 unspecified atom stereocenters. The summed E-state index contributed by atoms with van der Waals surface area (Å²) < 4.78 is 11.2. The van der Waals surface area contributed by atoms with Gasteiger partial charge in [0, 0.05) is 239 Å². The number of nitrogens with one attached hydrogen (secondary N) is 1. The molecule has 16 saturated heterocycles. The number of carbonyl (C=O) groups is 1. The molecule has 0 radical (unpaired) electrons. The normalized spacial score (nSPS) is 29.7. The lowest BCUT2D eigenvalue weighted by Gasteiger charge is -2.48. The molecule has 16 heterocycles. The van der Waals surface area contributed by atoms with Crippen LogP contribution in [0.2, 0.25) is 0 Å². The Bertz CT molecular complexity index is 2780. The summed E-state index contributed by atoms with van der Waals surface area (Å²) in [5.41, 5.74) is 0. The van der Waals surface area contributed by atoms with Crippen LogP contribution in [0.3, 0.4) is 0 Å². The van der Waals surface area contributed by atoms with Crippen LogP contribution in [0.15, 0.2) is 0 Å². The van der Waals surface area contributed by atoms with E-state index in [4.69, 9.17) is 9.47 Å². The molecule has 23 nitrogen and oxygen atoms in total. The third-order valence-electron chi connectivity index (χ3n) is 34.8. The maximum absolute atomic E-state index is 11.3. The van der Waals surface area contributed by atoms with Crippen LogP contribution >= 0.6 is 0 Å². The molecule has 0 aromatic carbocycles. The lowest BCUT2D eigenvalue weighted by atomic mass is 9.98. The fourth-order valence-corrected chi connectivity index (χ4v) is 25.4. The van der Waals surface area contributed by atoms with Gasteiger partial charge in [-0.1, -0.05) is 6.42 Å². The number of ether oxygens (including phenoxy) is 2. The van der Waals surface area contributed by atoms with Gasteiger partial charge in [0.1, 0.15) is 0 Å². The standard InChI is InChI=1S/2C15H31N3.C14H27N3O.C14H29N3.C14H28N2O.C13H26N2.C12H24N2O.C12H24N2/c1-12(2)17-8-6-15(7-9-17)18-10-13(3)16(5)14(4)11-18;1-13(2)16-7-5-15(6-8-16)18-11-9-17(10-12-18)14(3)4;1-12(2)15-6-4-14(5-7-15)17-10-8-16(9-11-17)13(3)18;1-11(2)16-7-5-14(6-8-16)17-9-12(3)15-13(4)10-17;1-11(2)15-7-5-14(6-8-15)16-9-12(3)17-13(4)10-16;1-12(2)14-10-6-13(7-11-14)15-8-4-3-5-9-15;1-11(2)13-5-3-12(4-6-13)14-7-9-15-10-8-14;1-11(2)13-9-5-12(6-10-13)14-7-3-4-8-14/h12-15H,6-11H2,1-5H3;13-15H,5-12H2,1-4H3;12,14H,4-11H2,1-3H3;11-15H,5-10H2,1-4H3;11-14H,5-10H2,1-4H3;12-13H,3-11H2,1-2H3;11-12H,3-10H2,1-2H3;11-12H,3-10H2,1-2H3/t13-,14+;;;2*12-,13+;;;. The molecule has 16 aliphatic heterocycles. The van der Waals surface area contributed by atoms with Crippen molar-refractivity contribution in [2.75, 3.05) is 256 Å². The number of piperazine rings is 4. The zero-order valence-electron chi connectivity index (χ0n) is 91.7. The molecule has 0 bridgehead atoms. The van der Waals surface area contributed by atoms with Crippen molar-refractivity contribution in [3.8, 4) is 0 Å². The van der Waals surface area contributed by atoms with Gasteiger partial charge in [-0.05, 0) is 433 Å². The minimum Gasteiger partial charge on any atom is -0.379 e. The Kier molecular flexibility index (Phi) is 51.6. The van der Waals surface area contributed by atoms with Gasteiger partial charge < -0.3 is 68.7 Å². The van der Waals surface area contributed by atoms with Crippen molar-refractivity contribution in [1.82, 2.24) is 98.4 Å². The molecule has 0 aromatic rings. The van der Waals surface area contributed by atoms with E-state index in [1.54, 1.807) is 6.92 Å². The lowest BCUT2D eigenvalue weighted by Crippen LogP contribution is -2.59. The van der Waals surface area contributed by atoms with Crippen LogP contribution in [0.25, 0.3) is 0 Å². The Morgan fingerprint density at radius 1 is 0.242 bits per heavy atom. The van der Waals surface area contributed by atoms with Crippen molar-refractivity contribution in [2.24, 2.45) is 0 Å². The Morgan fingerprint density at radius 2 is 0.447 bits per heavy atom. The predicted molar refractivity (Wildman–Crippen MR) is 562 cm³/mol. The highest BCUT2D eigenvalue weighted by Crippen LogP contribution is 2.31. The summed E-state index contributed by atoms with van der Waals surface area (Å²) in [6.07, 6.45) is 29.7. The van der Waals surface area contributed by atoms with Crippen LogP contribution in [0.4, 0.5) is 0 Å². The molecule has 1 N–H and O–H groups in total.